The summed E-state index contributed by atoms with van der Waals surface area (Å²) in [4.78, 5) is 25.5. The molecule has 0 saturated heterocycles. The maximum atomic E-state index is 13.1. The molecule has 226 valence electrons. The molecule has 0 bridgehead atoms. The molecular weight excluding hydrogens is 604 g/mol. The molecule has 0 saturated carbocycles. The lowest BCUT2D eigenvalue weighted by atomic mass is 10.2. The van der Waals surface area contributed by atoms with Gasteiger partial charge in [0.1, 0.15) is 11.1 Å². The van der Waals surface area contributed by atoms with E-state index in [9.17, 15) is 35.5 Å². The number of allylic oxidation sites excluding steroid dienone is 4. The SMILES string of the molecule is CCOC1=NN(c2ccc(S(=O)(=O)O)cc2)C(=O)\C1=C/C=C/C=C/c1c(OCC)[nH]n(-c2ccc(S(=O)(=O)O)cc2)c1=O. The molecule has 4 rings (SSSR count). The lowest BCUT2D eigenvalue weighted by molar-refractivity contribution is -0.114. The van der Waals surface area contributed by atoms with Crippen molar-refractivity contribution < 1.29 is 40.2 Å². The van der Waals surface area contributed by atoms with Crippen molar-refractivity contribution in [3.05, 3.63) is 94.3 Å². The Morgan fingerprint density at radius 3 is 1.91 bits per heavy atom. The minimum atomic E-state index is -4.40. The summed E-state index contributed by atoms with van der Waals surface area (Å²) in [7, 11) is -8.80. The molecule has 14 nitrogen and oxygen atoms in total. The quantitative estimate of drug-likeness (QED) is 0.170. The molecule has 2 aromatic carbocycles. The number of benzene rings is 2. The fourth-order valence-corrected chi connectivity index (χ4v) is 4.82. The minimum absolute atomic E-state index is 0.0483. The lowest BCUT2D eigenvalue weighted by Gasteiger charge is -2.11. The fourth-order valence-electron chi connectivity index (χ4n) is 3.86. The Labute approximate surface area is 246 Å². The number of nitrogens with one attached hydrogen (secondary N) is 1. The van der Waals surface area contributed by atoms with E-state index in [1.807, 2.05) is 0 Å². The third kappa shape index (κ3) is 7.00. The molecule has 43 heavy (non-hydrogen) atoms. The maximum absolute atomic E-state index is 13.1. The Balaban J connectivity index is 1.56. The second-order valence-electron chi connectivity index (χ2n) is 8.65. The molecule has 1 aliphatic heterocycles. The van der Waals surface area contributed by atoms with Crippen LogP contribution < -0.4 is 15.3 Å². The van der Waals surface area contributed by atoms with Gasteiger partial charge in [-0.05, 0) is 74.5 Å². The first-order valence-electron chi connectivity index (χ1n) is 12.6. The molecule has 0 aliphatic carbocycles. The van der Waals surface area contributed by atoms with E-state index >= 15 is 0 Å². The number of carbonyl (C=O) groups is 1. The van der Waals surface area contributed by atoms with Gasteiger partial charge in [0.2, 0.25) is 11.8 Å². The van der Waals surface area contributed by atoms with Crippen LogP contribution in [0.1, 0.15) is 19.4 Å². The van der Waals surface area contributed by atoms with Crippen LogP contribution in [-0.4, -0.2) is 60.7 Å². The molecule has 1 amide bonds. The van der Waals surface area contributed by atoms with Crippen LogP contribution in [0, 0.1) is 0 Å². The zero-order valence-corrected chi connectivity index (χ0v) is 24.4. The van der Waals surface area contributed by atoms with Crippen molar-refractivity contribution in [1.82, 2.24) is 9.78 Å². The molecule has 1 aromatic heterocycles. The number of H-pyrrole nitrogens is 1. The van der Waals surface area contributed by atoms with Crippen LogP contribution in [-0.2, 0) is 29.8 Å². The third-order valence-corrected chi connectivity index (χ3v) is 7.56. The molecule has 3 aromatic rings. The second-order valence-corrected chi connectivity index (χ2v) is 11.5. The Kier molecular flexibility index (Phi) is 9.15. The lowest BCUT2D eigenvalue weighted by Crippen LogP contribution is -2.21. The third-order valence-electron chi connectivity index (χ3n) is 5.83. The van der Waals surface area contributed by atoms with E-state index in [0.717, 1.165) is 34.0 Å². The molecule has 0 radical (unpaired) electrons. The largest absolute Gasteiger partial charge is 0.478 e. The van der Waals surface area contributed by atoms with E-state index in [1.165, 1.54) is 42.5 Å². The number of nitrogens with zero attached hydrogens (tertiary/aromatic N) is 3. The number of aromatic amines is 1. The van der Waals surface area contributed by atoms with Gasteiger partial charge in [-0.1, -0.05) is 18.2 Å². The standard InChI is InChI=1S/C27H26N4O10S2/c1-3-40-24-22(26(32)30(28-24)18-10-14-20(15-11-18)42(34,35)36)8-6-5-7-9-23-25(41-4-2)29-31(27(23)33)19-12-16-21(17-13-19)43(37,38)39/h5-17,28H,3-4H2,1-2H3,(H,34,35,36)(H,37,38,39)/b7-5+,8-6+,23-9-. The van der Waals surface area contributed by atoms with E-state index in [-0.39, 0.29) is 51.6 Å². The second kappa shape index (κ2) is 12.6. The minimum Gasteiger partial charge on any atom is -0.478 e. The van der Waals surface area contributed by atoms with Gasteiger partial charge in [0.05, 0.1) is 34.4 Å². The highest BCUT2D eigenvalue weighted by atomic mass is 32.2. The number of carbonyl (C=O) groups excluding carboxylic acids is 1. The summed E-state index contributed by atoms with van der Waals surface area (Å²) in [5, 5.41) is 8.03. The van der Waals surface area contributed by atoms with E-state index in [0.29, 0.717) is 5.69 Å². The van der Waals surface area contributed by atoms with Crippen molar-refractivity contribution in [3.63, 3.8) is 0 Å². The summed E-state index contributed by atoms with van der Waals surface area (Å²) in [6.07, 6.45) is 7.57. The fraction of sp³-hybridized carbons (Fsp3) is 0.148. The summed E-state index contributed by atoms with van der Waals surface area (Å²) < 4.78 is 75.8. The van der Waals surface area contributed by atoms with Crippen molar-refractivity contribution in [3.8, 4) is 11.6 Å². The summed E-state index contributed by atoms with van der Waals surface area (Å²) in [5.41, 5.74) is 0.363. The number of aromatic nitrogens is 2. The van der Waals surface area contributed by atoms with Gasteiger partial charge in [0, 0.05) is 0 Å². The van der Waals surface area contributed by atoms with Gasteiger partial charge >= 0.3 is 0 Å². The number of amides is 1. The van der Waals surface area contributed by atoms with Gasteiger partial charge in [-0.25, -0.2) is 4.68 Å². The van der Waals surface area contributed by atoms with Crippen LogP contribution in [0.25, 0.3) is 11.8 Å². The highest BCUT2D eigenvalue weighted by Gasteiger charge is 2.32. The van der Waals surface area contributed by atoms with Gasteiger partial charge < -0.3 is 9.47 Å². The maximum Gasteiger partial charge on any atom is 0.294 e. The van der Waals surface area contributed by atoms with Gasteiger partial charge in [0.25, 0.3) is 31.7 Å². The van der Waals surface area contributed by atoms with Gasteiger partial charge in [-0.3, -0.25) is 23.8 Å². The molecule has 16 heteroatoms. The molecule has 2 heterocycles. The molecular formula is C27H26N4O10S2. The van der Waals surface area contributed by atoms with Crippen LogP contribution in [0.5, 0.6) is 5.88 Å². The predicted octanol–water partition coefficient (Wildman–Crippen LogP) is 2.95. The average Bonchev–Trinajstić information content (AvgIpc) is 3.43. The monoisotopic (exact) mass is 630 g/mol. The zero-order chi connectivity index (χ0) is 31.4. The van der Waals surface area contributed by atoms with Crippen LogP contribution in [0.2, 0.25) is 0 Å². The van der Waals surface area contributed by atoms with Crippen molar-refractivity contribution in [1.29, 1.82) is 0 Å². The van der Waals surface area contributed by atoms with Crippen LogP contribution in [0.15, 0.2) is 98.1 Å². The topological polar surface area (TPSA) is 198 Å². The van der Waals surface area contributed by atoms with Crippen molar-refractivity contribution >= 4 is 43.8 Å². The molecule has 0 atom stereocenters. The number of ether oxygens (including phenoxy) is 2. The predicted molar refractivity (Wildman–Crippen MR) is 156 cm³/mol. The molecule has 0 fully saturated rings. The Morgan fingerprint density at radius 1 is 0.814 bits per heavy atom. The number of hydrazone groups is 1. The van der Waals surface area contributed by atoms with E-state index in [2.05, 4.69) is 10.2 Å². The van der Waals surface area contributed by atoms with E-state index in [4.69, 9.17) is 9.47 Å². The Hall–Kier alpha value is -4.77. The van der Waals surface area contributed by atoms with Gasteiger partial charge in [0.15, 0.2) is 0 Å². The first-order chi connectivity index (χ1) is 20.3. The van der Waals surface area contributed by atoms with Gasteiger partial charge in [-0.15, -0.1) is 5.10 Å². The summed E-state index contributed by atoms with van der Waals surface area (Å²) in [6, 6.07) is 9.92. The Bertz CT molecular complexity index is 1920. The summed E-state index contributed by atoms with van der Waals surface area (Å²) in [6.45, 7) is 3.93. The van der Waals surface area contributed by atoms with E-state index < -0.39 is 31.7 Å². The smallest absolute Gasteiger partial charge is 0.294 e. The number of rotatable bonds is 10. The number of anilines is 1. The molecule has 1 aliphatic rings. The zero-order valence-electron chi connectivity index (χ0n) is 22.7. The van der Waals surface area contributed by atoms with Crippen LogP contribution in [0.3, 0.4) is 0 Å². The molecule has 0 unspecified atom stereocenters. The molecule has 0 spiro atoms. The van der Waals surface area contributed by atoms with E-state index in [1.54, 1.807) is 26.0 Å². The number of hydrogen-bond acceptors (Lipinski definition) is 9. The van der Waals surface area contributed by atoms with Gasteiger partial charge in [-0.2, -0.15) is 21.8 Å². The average molecular weight is 631 g/mol. The van der Waals surface area contributed by atoms with Crippen LogP contribution in [0.4, 0.5) is 5.69 Å². The molecule has 3 N–H and O–H groups in total. The summed E-state index contributed by atoms with van der Waals surface area (Å²) >= 11 is 0. The Morgan fingerprint density at radius 2 is 1.37 bits per heavy atom. The summed E-state index contributed by atoms with van der Waals surface area (Å²) in [5.74, 6) is -0.322. The highest BCUT2D eigenvalue weighted by molar-refractivity contribution is 7.86. The normalized spacial score (nSPS) is 15.2. The first-order valence-corrected chi connectivity index (χ1v) is 15.5. The van der Waals surface area contributed by atoms with Crippen molar-refractivity contribution in [2.45, 2.75) is 23.6 Å². The highest BCUT2D eigenvalue weighted by Crippen LogP contribution is 2.25. The van der Waals surface area contributed by atoms with Crippen molar-refractivity contribution in [2.24, 2.45) is 5.10 Å². The van der Waals surface area contributed by atoms with Crippen LogP contribution >= 0.6 is 0 Å². The van der Waals surface area contributed by atoms with Crippen molar-refractivity contribution in [2.75, 3.05) is 18.2 Å². The number of hydrogen-bond donors (Lipinski definition) is 3. The first kappa shape index (κ1) is 31.2.